The van der Waals surface area contributed by atoms with Gasteiger partial charge in [-0.15, -0.1) is 0 Å². The molecule has 0 saturated heterocycles. The molecule has 1 aliphatic rings. The smallest absolute Gasteiger partial charge is 0.127 e. The number of hydrogen-bond donors (Lipinski definition) is 0. The van der Waals surface area contributed by atoms with Crippen molar-refractivity contribution in [2.24, 2.45) is 0 Å². The highest BCUT2D eigenvalue weighted by molar-refractivity contribution is 9.09. The number of hydrogen-bond acceptors (Lipinski definition) is 2. The van der Waals surface area contributed by atoms with E-state index in [1.54, 1.807) is 7.11 Å². The van der Waals surface area contributed by atoms with E-state index in [1.807, 2.05) is 36.4 Å². The first-order valence-electron chi connectivity index (χ1n) is 6.21. The molecular formula is C15H14BrClO2. The molecule has 1 aliphatic carbocycles. The van der Waals surface area contributed by atoms with E-state index in [9.17, 15) is 0 Å². The lowest BCUT2D eigenvalue weighted by Gasteiger charge is -2.40. The van der Waals surface area contributed by atoms with Crippen LogP contribution in [0.3, 0.4) is 0 Å². The van der Waals surface area contributed by atoms with E-state index in [0.717, 1.165) is 28.0 Å². The third kappa shape index (κ3) is 2.35. The molecule has 0 N–H and O–H groups in total. The Kier molecular flexibility index (Phi) is 3.70. The molecule has 0 bridgehead atoms. The van der Waals surface area contributed by atoms with Crippen LogP contribution in [0.15, 0.2) is 36.4 Å². The number of halogens is 2. The van der Waals surface area contributed by atoms with Crippen molar-refractivity contribution in [3.63, 3.8) is 0 Å². The summed E-state index contributed by atoms with van der Waals surface area (Å²) in [7, 11) is 1.72. The second kappa shape index (κ2) is 5.31. The van der Waals surface area contributed by atoms with Gasteiger partial charge in [0.15, 0.2) is 0 Å². The van der Waals surface area contributed by atoms with Gasteiger partial charge in [-0.05, 0) is 12.1 Å². The van der Waals surface area contributed by atoms with E-state index in [1.165, 1.54) is 0 Å². The molecule has 100 valence electrons. The number of fused-ring (bicyclic) bond motifs is 1. The number of rotatable bonds is 3. The largest absolute Gasteiger partial charge is 0.487 e. The van der Waals surface area contributed by atoms with Crippen LogP contribution in [0.25, 0.3) is 10.8 Å². The average Bonchev–Trinajstić information content (AvgIpc) is 2.41. The van der Waals surface area contributed by atoms with E-state index >= 15 is 0 Å². The van der Waals surface area contributed by atoms with Crippen LogP contribution in [0.5, 0.6) is 5.75 Å². The minimum absolute atomic E-state index is 0.0963. The van der Waals surface area contributed by atoms with Crippen molar-refractivity contribution in [1.29, 1.82) is 0 Å². The summed E-state index contributed by atoms with van der Waals surface area (Å²) in [5.41, 5.74) is 0. The van der Waals surface area contributed by atoms with Gasteiger partial charge in [0.1, 0.15) is 18.0 Å². The topological polar surface area (TPSA) is 18.5 Å². The van der Waals surface area contributed by atoms with Crippen molar-refractivity contribution in [2.45, 2.75) is 23.5 Å². The maximum Gasteiger partial charge on any atom is 0.127 e. The summed E-state index contributed by atoms with van der Waals surface area (Å²) >= 11 is 9.78. The van der Waals surface area contributed by atoms with Crippen LogP contribution in [0.1, 0.15) is 6.42 Å². The minimum atomic E-state index is 0.0963. The zero-order valence-corrected chi connectivity index (χ0v) is 12.8. The summed E-state index contributed by atoms with van der Waals surface area (Å²) in [6.07, 6.45) is 1.16. The maximum absolute atomic E-state index is 6.20. The summed E-state index contributed by atoms with van der Waals surface area (Å²) in [5, 5.41) is 2.81. The van der Waals surface area contributed by atoms with Gasteiger partial charge in [0.05, 0.1) is 0 Å². The number of alkyl halides is 1. The maximum atomic E-state index is 6.20. The molecule has 3 unspecified atom stereocenters. The van der Waals surface area contributed by atoms with Crippen molar-refractivity contribution >= 4 is 38.3 Å². The molecule has 1 saturated carbocycles. The first-order chi connectivity index (χ1) is 9.20. The molecule has 0 spiro atoms. The van der Waals surface area contributed by atoms with E-state index in [4.69, 9.17) is 21.1 Å². The second-order valence-electron chi connectivity index (χ2n) is 4.70. The van der Waals surface area contributed by atoms with Gasteiger partial charge >= 0.3 is 0 Å². The third-order valence-corrected chi connectivity index (χ3v) is 4.79. The average molecular weight is 342 g/mol. The highest BCUT2D eigenvalue weighted by Gasteiger charge is 2.41. The standard InChI is InChI=1S/C15H14BrClO2/c1-18-15-11(16)8-14(15)19-13-7-6-12(17)9-4-2-3-5-10(9)13/h2-7,11,14-15H,8H2,1H3. The molecule has 0 aromatic heterocycles. The fourth-order valence-electron chi connectivity index (χ4n) is 2.44. The molecule has 1 fully saturated rings. The van der Waals surface area contributed by atoms with Crippen LogP contribution < -0.4 is 4.74 Å². The molecule has 19 heavy (non-hydrogen) atoms. The molecular weight excluding hydrogens is 328 g/mol. The summed E-state index contributed by atoms with van der Waals surface area (Å²) in [5.74, 6) is 0.867. The molecule has 2 aromatic rings. The molecule has 0 amide bonds. The minimum Gasteiger partial charge on any atom is -0.487 e. The van der Waals surface area contributed by atoms with E-state index in [2.05, 4.69) is 15.9 Å². The number of methoxy groups -OCH3 is 1. The molecule has 3 atom stereocenters. The van der Waals surface area contributed by atoms with Gasteiger partial charge in [0.2, 0.25) is 0 Å². The summed E-state index contributed by atoms with van der Waals surface area (Å²) < 4.78 is 11.5. The van der Waals surface area contributed by atoms with Gasteiger partial charge in [-0.2, -0.15) is 0 Å². The van der Waals surface area contributed by atoms with Crippen LogP contribution >= 0.6 is 27.5 Å². The van der Waals surface area contributed by atoms with Crippen LogP contribution in [-0.4, -0.2) is 24.1 Å². The Labute approximate surface area is 125 Å². The van der Waals surface area contributed by atoms with Crippen LogP contribution in [0.2, 0.25) is 5.02 Å². The van der Waals surface area contributed by atoms with Crippen LogP contribution in [0, 0.1) is 0 Å². The molecule has 4 heteroatoms. The predicted octanol–water partition coefficient (Wildman–Crippen LogP) is 4.42. The lowest BCUT2D eigenvalue weighted by Crippen LogP contribution is -2.51. The summed E-state index contributed by atoms with van der Waals surface area (Å²) in [6.45, 7) is 0. The first kappa shape index (κ1) is 13.2. The summed E-state index contributed by atoms with van der Waals surface area (Å²) in [4.78, 5) is 0.376. The van der Waals surface area contributed by atoms with Gasteiger partial charge in [-0.3, -0.25) is 0 Å². The summed E-state index contributed by atoms with van der Waals surface area (Å²) in [6, 6.07) is 11.8. The number of benzene rings is 2. The predicted molar refractivity (Wildman–Crippen MR) is 81.5 cm³/mol. The molecule has 0 aliphatic heterocycles. The van der Waals surface area contributed by atoms with E-state index in [0.29, 0.717) is 4.83 Å². The number of ether oxygens (including phenoxy) is 2. The molecule has 2 aromatic carbocycles. The highest BCUT2D eigenvalue weighted by Crippen LogP contribution is 2.37. The van der Waals surface area contributed by atoms with Crippen molar-refractivity contribution in [3.05, 3.63) is 41.4 Å². The monoisotopic (exact) mass is 340 g/mol. The van der Waals surface area contributed by atoms with Crippen molar-refractivity contribution in [3.8, 4) is 5.75 Å². The van der Waals surface area contributed by atoms with Crippen molar-refractivity contribution in [2.75, 3.05) is 7.11 Å². The normalized spacial score (nSPS) is 26.2. The fourth-order valence-corrected chi connectivity index (χ4v) is 3.59. The molecule has 3 rings (SSSR count). The Bertz CT molecular complexity index is 602. The van der Waals surface area contributed by atoms with Gasteiger partial charge < -0.3 is 9.47 Å². The lowest BCUT2D eigenvalue weighted by molar-refractivity contribution is -0.0538. The fraction of sp³-hybridized carbons (Fsp3) is 0.333. The Balaban J connectivity index is 1.92. The van der Waals surface area contributed by atoms with Crippen LogP contribution in [0.4, 0.5) is 0 Å². The Hall–Kier alpha value is -0.770. The third-order valence-electron chi connectivity index (χ3n) is 3.56. The van der Waals surface area contributed by atoms with Gasteiger partial charge in [0.25, 0.3) is 0 Å². The van der Waals surface area contributed by atoms with Crippen molar-refractivity contribution in [1.82, 2.24) is 0 Å². The molecule has 0 radical (unpaired) electrons. The van der Waals surface area contributed by atoms with Crippen LogP contribution in [-0.2, 0) is 4.74 Å². The lowest BCUT2D eigenvalue weighted by atomic mass is 9.91. The molecule has 0 heterocycles. The van der Waals surface area contributed by atoms with Gasteiger partial charge in [0, 0.05) is 34.2 Å². The Morgan fingerprint density at radius 2 is 1.89 bits per heavy atom. The quantitative estimate of drug-likeness (QED) is 0.769. The van der Waals surface area contributed by atoms with Crippen molar-refractivity contribution < 1.29 is 9.47 Å². The van der Waals surface area contributed by atoms with Gasteiger partial charge in [-0.25, -0.2) is 0 Å². The molecule has 2 nitrogen and oxygen atoms in total. The zero-order valence-electron chi connectivity index (χ0n) is 10.5. The highest BCUT2D eigenvalue weighted by atomic mass is 79.9. The van der Waals surface area contributed by atoms with E-state index in [-0.39, 0.29) is 12.2 Å². The Morgan fingerprint density at radius 1 is 1.16 bits per heavy atom. The first-order valence-corrected chi connectivity index (χ1v) is 7.51. The SMILES string of the molecule is COC1C(Br)CC1Oc1ccc(Cl)c2ccccc12. The second-order valence-corrected chi connectivity index (χ2v) is 6.28. The van der Waals surface area contributed by atoms with E-state index < -0.39 is 0 Å². The zero-order chi connectivity index (χ0) is 13.4. The van der Waals surface area contributed by atoms with Gasteiger partial charge in [-0.1, -0.05) is 51.8 Å². The Morgan fingerprint density at radius 3 is 2.58 bits per heavy atom.